The van der Waals surface area contributed by atoms with Gasteiger partial charge in [0.1, 0.15) is 11.3 Å². The van der Waals surface area contributed by atoms with Crippen LogP contribution in [0, 0.1) is 6.92 Å². The van der Waals surface area contributed by atoms with Gasteiger partial charge < -0.3 is 9.32 Å². The molecule has 4 rings (SSSR count). The first-order valence-electron chi connectivity index (χ1n) is 8.29. The summed E-state index contributed by atoms with van der Waals surface area (Å²) in [5, 5.41) is 1.20. The predicted molar refractivity (Wildman–Crippen MR) is 94.9 cm³/mol. The van der Waals surface area contributed by atoms with Gasteiger partial charge in [-0.15, -0.1) is 0 Å². The third kappa shape index (κ3) is 3.10. The van der Waals surface area contributed by atoms with Gasteiger partial charge in [-0.1, -0.05) is 35.9 Å². The van der Waals surface area contributed by atoms with Gasteiger partial charge in [-0.3, -0.25) is 4.90 Å². The molecule has 1 aromatic heterocycles. The highest BCUT2D eigenvalue weighted by molar-refractivity contribution is 5.77. The van der Waals surface area contributed by atoms with Gasteiger partial charge in [0.05, 0.1) is 6.54 Å². The van der Waals surface area contributed by atoms with Crippen molar-refractivity contribution in [3.8, 4) is 0 Å². The first kappa shape index (κ1) is 14.3. The lowest BCUT2D eigenvalue weighted by Gasteiger charge is -2.35. The molecule has 1 fully saturated rings. The topological polar surface area (TPSA) is 19.6 Å². The van der Waals surface area contributed by atoms with Crippen molar-refractivity contribution in [3.63, 3.8) is 0 Å². The predicted octanol–water partition coefficient (Wildman–Crippen LogP) is 4.06. The summed E-state index contributed by atoms with van der Waals surface area (Å²) in [6, 6.07) is 19.2. The third-order valence-corrected chi connectivity index (χ3v) is 4.63. The molecule has 3 heteroatoms. The zero-order chi connectivity index (χ0) is 15.6. The largest absolute Gasteiger partial charge is 0.460 e. The van der Waals surface area contributed by atoms with Crippen molar-refractivity contribution in [3.05, 3.63) is 65.9 Å². The van der Waals surface area contributed by atoms with E-state index in [4.69, 9.17) is 4.42 Å². The average molecular weight is 306 g/mol. The molecule has 23 heavy (non-hydrogen) atoms. The lowest BCUT2D eigenvalue weighted by atomic mass is 10.2. The Morgan fingerprint density at radius 3 is 2.39 bits per heavy atom. The Morgan fingerprint density at radius 2 is 1.65 bits per heavy atom. The van der Waals surface area contributed by atoms with Crippen LogP contribution in [0.2, 0.25) is 0 Å². The lowest BCUT2D eigenvalue weighted by molar-refractivity contribution is 0.233. The second kappa shape index (κ2) is 6.09. The van der Waals surface area contributed by atoms with E-state index in [2.05, 4.69) is 59.2 Å². The maximum Gasteiger partial charge on any atom is 0.134 e. The van der Waals surface area contributed by atoms with Gasteiger partial charge in [-0.2, -0.15) is 0 Å². The summed E-state index contributed by atoms with van der Waals surface area (Å²) in [5.41, 5.74) is 3.64. The minimum Gasteiger partial charge on any atom is -0.460 e. The van der Waals surface area contributed by atoms with Crippen LogP contribution in [0.25, 0.3) is 11.0 Å². The molecule has 0 spiro atoms. The van der Waals surface area contributed by atoms with Crippen LogP contribution in [0.1, 0.15) is 11.3 Å². The van der Waals surface area contributed by atoms with Crippen molar-refractivity contribution in [1.82, 2.24) is 4.90 Å². The average Bonchev–Trinajstić information content (AvgIpc) is 2.98. The summed E-state index contributed by atoms with van der Waals surface area (Å²) in [6.07, 6.45) is 0. The van der Waals surface area contributed by atoms with Crippen LogP contribution in [0.3, 0.4) is 0 Å². The Morgan fingerprint density at radius 1 is 0.913 bits per heavy atom. The molecule has 0 N–H and O–H groups in total. The summed E-state index contributed by atoms with van der Waals surface area (Å²) >= 11 is 0. The van der Waals surface area contributed by atoms with Crippen molar-refractivity contribution >= 4 is 16.7 Å². The Bertz CT molecular complexity index is 750. The number of piperazine rings is 1. The van der Waals surface area contributed by atoms with E-state index in [1.807, 2.05) is 12.1 Å². The molecule has 3 nitrogen and oxygen atoms in total. The molecule has 0 atom stereocenters. The molecule has 0 amide bonds. The van der Waals surface area contributed by atoms with Crippen molar-refractivity contribution in [2.24, 2.45) is 0 Å². The number of hydrogen-bond donors (Lipinski definition) is 0. The zero-order valence-electron chi connectivity index (χ0n) is 13.5. The summed E-state index contributed by atoms with van der Waals surface area (Å²) in [4.78, 5) is 4.94. The van der Waals surface area contributed by atoms with E-state index in [0.29, 0.717) is 0 Å². The summed E-state index contributed by atoms with van der Waals surface area (Å²) < 4.78 is 5.94. The van der Waals surface area contributed by atoms with Crippen molar-refractivity contribution in [2.45, 2.75) is 13.5 Å². The summed E-state index contributed by atoms with van der Waals surface area (Å²) in [6.45, 7) is 7.33. The van der Waals surface area contributed by atoms with Crippen LogP contribution in [-0.4, -0.2) is 31.1 Å². The minimum absolute atomic E-state index is 0.899. The van der Waals surface area contributed by atoms with Crippen LogP contribution < -0.4 is 4.90 Å². The van der Waals surface area contributed by atoms with Crippen molar-refractivity contribution in [2.75, 3.05) is 31.1 Å². The molecule has 1 saturated heterocycles. The van der Waals surface area contributed by atoms with Crippen molar-refractivity contribution in [1.29, 1.82) is 0 Å². The first-order valence-corrected chi connectivity index (χ1v) is 8.29. The molecule has 0 radical (unpaired) electrons. The lowest BCUT2D eigenvalue weighted by Crippen LogP contribution is -2.45. The maximum absolute atomic E-state index is 5.94. The Kier molecular flexibility index (Phi) is 3.80. The van der Waals surface area contributed by atoms with Crippen LogP contribution >= 0.6 is 0 Å². The van der Waals surface area contributed by atoms with Gasteiger partial charge in [-0.05, 0) is 31.2 Å². The van der Waals surface area contributed by atoms with Gasteiger partial charge in [0.15, 0.2) is 0 Å². The van der Waals surface area contributed by atoms with Crippen LogP contribution in [-0.2, 0) is 6.54 Å². The SMILES string of the molecule is Cc1ccc(N2CCN(Cc3cc4ccccc4o3)CC2)cc1. The maximum atomic E-state index is 5.94. The number of anilines is 1. The molecule has 2 heterocycles. The van der Waals surface area contributed by atoms with Gasteiger partial charge >= 0.3 is 0 Å². The molecular formula is C20H22N2O. The van der Waals surface area contributed by atoms with E-state index >= 15 is 0 Å². The molecule has 1 aliphatic heterocycles. The fourth-order valence-corrected chi connectivity index (χ4v) is 3.25. The fourth-order valence-electron chi connectivity index (χ4n) is 3.25. The molecule has 2 aromatic carbocycles. The van der Waals surface area contributed by atoms with Gasteiger partial charge in [0.2, 0.25) is 0 Å². The number of para-hydroxylation sites is 1. The molecule has 0 aliphatic carbocycles. The molecule has 0 unspecified atom stereocenters. The van der Waals surface area contributed by atoms with Crippen LogP contribution in [0.15, 0.2) is 59.0 Å². The monoisotopic (exact) mass is 306 g/mol. The van der Waals surface area contributed by atoms with Crippen LogP contribution in [0.4, 0.5) is 5.69 Å². The molecule has 1 aliphatic rings. The molecular weight excluding hydrogens is 284 g/mol. The highest BCUT2D eigenvalue weighted by Crippen LogP contribution is 2.22. The van der Waals surface area contributed by atoms with Gasteiger partial charge in [0.25, 0.3) is 0 Å². The van der Waals surface area contributed by atoms with Gasteiger partial charge in [0, 0.05) is 37.3 Å². The second-order valence-corrected chi connectivity index (χ2v) is 6.35. The van der Waals surface area contributed by atoms with E-state index in [1.165, 1.54) is 16.6 Å². The Balaban J connectivity index is 1.38. The normalized spacial score (nSPS) is 16.1. The Hall–Kier alpha value is -2.26. The van der Waals surface area contributed by atoms with Crippen molar-refractivity contribution < 1.29 is 4.42 Å². The molecule has 118 valence electrons. The molecule has 0 bridgehead atoms. The van der Waals surface area contributed by atoms with E-state index in [0.717, 1.165) is 44.1 Å². The van der Waals surface area contributed by atoms with E-state index in [-0.39, 0.29) is 0 Å². The fraction of sp³-hybridized carbons (Fsp3) is 0.300. The number of rotatable bonds is 3. The van der Waals surface area contributed by atoms with Crippen LogP contribution in [0.5, 0.6) is 0 Å². The van der Waals surface area contributed by atoms with Gasteiger partial charge in [-0.25, -0.2) is 0 Å². The molecule has 0 saturated carbocycles. The Labute approximate surface area is 137 Å². The number of furan rings is 1. The first-order chi connectivity index (χ1) is 11.3. The van der Waals surface area contributed by atoms with E-state index in [1.54, 1.807) is 0 Å². The quantitative estimate of drug-likeness (QED) is 0.727. The number of aryl methyl sites for hydroxylation is 1. The minimum atomic E-state index is 0.899. The molecule has 3 aromatic rings. The highest BCUT2D eigenvalue weighted by Gasteiger charge is 2.18. The van der Waals surface area contributed by atoms with E-state index in [9.17, 15) is 0 Å². The van der Waals surface area contributed by atoms with E-state index < -0.39 is 0 Å². The number of benzene rings is 2. The standard InChI is InChI=1S/C20H22N2O/c1-16-6-8-18(9-7-16)22-12-10-21(11-13-22)15-19-14-17-4-2-3-5-20(17)23-19/h2-9,14H,10-13,15H2,1H3. The highest BCUT2D eigenvalue weighted by atomic mass is 16.3. The number of nitrogens with zero attached hydrogens (tertiary/aromatic N) is 2. The number of fused-ring (bicyclic) bond motifs is 1. The smallest absolute Gasteiger partial charge is 0.134 e. The second-order valence-electron chi connectivity index (χ2n) is 6.35. The summed E-state index contributed by atoms with van der Waals surface area (Å²) in [7, 11) is 0. The summed E-state index contributed by atoms with van der Waals surface area (Å²) in [5.74, 6) is 1.06. The number of hydrogen-bond acceptors (Lipinski definition) is 3. The zero-order valence-corrected chi connectivity index (χ0v) is 13.5. The third-order valence-electron chi connectivity index (χ3n) is 4.63.